The summed E-state index contributed by atoms with van der Waals surface area (Å²) in [7, 11) is -3.85. The molecule has 0 aliphatic heterocycles. The van der Waals surface area contributed by atoms with Crippen LogP contribution in [-0.2, 0) is 20.4 Å². The van der Waals surface area contributed by atoms with Gasteiger partial charge in [0, 0.05) is 17.4 Å². The Bertz CT molecular complexity index is 1440. The van der Waals surface area contributed by atoms with E-state index in [1.54, 1.807) is 85.8 Å². The van der Waals surface area contributed by atoms with Crippen molar-refractivity contribution in [3.63, 3.8) is 0 Å². The van der Waals surface area contributed by atoms with Crippen LogP contribution in [0.4, 0.5) is 0 Å². The zero-order chi connectivity index (χ0) is 26.8. The summed E-state index contributed by atoms with van der Waals surface area (Å²) in [6, 6.07) is 35.7. The van der Waals surface area contributed by atoms with Gasteiger partial charge in [-0.05, 0) is 42.3 Å². The molecule has 4 aromatic rings. The summed E-state index contributed by atoms with van der Waals surface area (Å²) >= 11 is 0. The van der Waals surface area contributed by atoms with Crippen LogP contribution in [0.25, 0.3) is 5.31 Å². The van der Waals surface area contributed by atoms with Gasteiger partial charge < -0.3 is 15.2 Å². The molecule has 1 unspecified atom stereocenters. The number of amides is 2. The number of nitrogens with one attached hydrogen (secondary N) is 2. The van der Waals surface area contributed by atoms with Crippen molar-refractivity contribution in [3.05, 3.63) is 144 Å². The topological polar surface area (TPSA) is 84.5 Å². The molecule has 0 bridgehead atoms. The Balaban J connectivity index is 1.91. The highest BCUT2D eigenvalue weighted by Crippen LogP contribution is 2.59. The molecule has 2 N–H and O–H groups in total. The second-order valence-electron chi connectivity index (χ2n) is 8.38. The Hall–Kier alpha value is -4.25. The predicted molar refractivity (Wildman–Crippen MR) is 151 cm³/mol. The quantitative estimate of drug-likeness (QED) is 0.205. The molecule has 0 aliphatic rings. The molecule has 0 saturated heterocycles. The molecule has 4 rings (SSSR count). The van der Waals surface area contributed by atoms with Gasteiger partial charge in [0.25, 0.3) is 19.2 Å². The average molecular weight is 525 g/mol. The standard InChI is InChI=1S/C31H29N2O4P/c1-2-37-38(36,27-21-13-6-14-22-27)29(25-17-9-4-10-18-25)28(33-30(34)26-19-11-5-12-20-26)31(35)32-23-24-15-7-3-8-16-24/h3-22H,2,23H2,1H3,(H,32,35)(H,33,34). The molecule has 6 nitrogen and oxygen atoms in total. The van der Waals surface area contributed by atoms with E-state index in [2.05, 4.69) is 10.6 Å². The summed E-state index contributed by atoms with van der Waals surface area (Å²) in [4.78, 5) is 27.2. The lowest BCUT2D eigenvalue weighted by Crippen LogP contribution is -2.36. The van der Waals surface area contributed by atoms with Gasteiger partial charge in [0.1, 0.15) is 5.70 Å². The monoisotopic (exact) mass is 524 g/mol. The molecule has 192 valence electrons. The van der Waals surface area contributed by atoms with Gasteiger partial charge in [0.15, 0.2) is 0 Å². The van der Waals surface area contributed by atoms with Crippen molar-refractivity contribution in [2.75, 3.05) is 6.61 Å². The van der Waals surface area contributed by atoms with Gasteiger partial charge in [0.05, 0.1) is 11.9 Å². The number of hydrogen-bond donors (Lipinski definition) is 2. The van der Waals surface area contributed by atoms with Crippen LogP contribution in [0, 0.1) is 0 Å². The van der Waals surface area contributed by atoms with E-state index in [-0.39, 0.29) is 24.2 Å². The Morgan fingerprint density at radius 2 is 1.21 bits per heavy atom. The lowest BCUT2D eigenvalue weighted by molar-refractivity contribution is -0.117. The Morgan fingerprint density at radius 1 is 0.711 bits per heavy atom. The number of hydrogen-bond acceptors (Lipinski definition) is 4. The molecule has 0 aliphatic carbocycles. The normalized spacial score (nSPS) is 13.1. The number of rotatable bonds is 10. The molecule has 0 heterocycles. The minimum absolute atomic E-state index is 0.123. The first-order chi connectivity index (χ1) is 18.5. The molecule has 1 atom stereocenters. The fourth-order valence-electron chi connectivity index (χ4n) is 4.00. The Labute approximate surface area is 222 Å². The van der Waals surface area contributed by atoms with Crippen molar-refractivity contribution >= 4 is 29.8 Å². The summed E-state index contributed by atoms with van der Waals surface area (Å²) in [5.74, 6) is -1.08. The largest absolute Gasteiger partial charge is 0.347 e. The van der Waals surface area contributed by atoms with E-state index in [4.69, 9.17) is 4.52 Å². The molecule has 4 aromatic carbocycles. The molecule has 0 spiro atoms. The van der Waals surface area contributed by atoms with Gasteiger partial charge in [0.2, 0.25) is 0 Å². The summed E-state index contributed by atoms with van der Waals surface area (Å²) in [5.41, 5.74) is 1.62. The van der Waals surface area contributed by atoms with Crippen molar-refractivity contribution in [1.29, 1.82) is 0 Å². The second-order valence-corrected chi connectivity index (χ2v) is 10.7. The lowest BCUT2D eigenvalue weighted by atomic mass is 10.1. The summed E-state index contributed by atoms with van der Waals surface area (Å²) in [5, 5.41) is 6.21. The van der Waals surface area contributed by atoms with Crippen LogP contribution in [-0.4, -0.2) is 18.4 Å². The first kappa shape index (κ1) is 26.8. The van der Waals surface area contributed by atoms with E-state index in [0.29, 0.717) is 16.4 Å². The average Bonchev–Trinajstić information content (AvgIpc) is 2.97. The predicted octanol–water partition coefficient (Wildman–Crippen LogP) is 5.74. The minimum atomic E-state index is -3.85. The molecular weight excluding hydrogens is 495 g/mol. The van der Waals surface area contributed by atoms with E-state index < -0.39 is 19.2 Å². The van der Waals surface area contributed by atoms with Crippen molar-refractivity contribution in [3.8, 4) is 0 Å². The van der Waals surface area contributed by atoms with E-state index >= 15 is 0 Å². The van der Waals surface area contributed by atoms with Crippen molar-refractivity contribution in [2.45, 2.75) is 13.5 Å². The number of carbonyl (C=O) groups excluding carboxylic acids is 2. The van der Waals surface area contributed by atoms with Gasteiger partial charge in [-0.3, -0.25) is 14.2 Å². The third-order valence-electron chi connectivity index (χ3n) is 5.78. The first-order valence-corrected chi connectivity index (χ1v) is 13.9. The van der Waals surface area contributed by atoms with E-state index in [9.17, 15) is 14.2 Å². The first-order valence-electron chi connectivity index (χ1n) is 12.3. The van der Waals surface area contributed by atoms with Gasteiger partial charge in [-0.1, -0.05) is 97.1 Å². The fraction of sp³-hybridized carbons (Fsp3) is 0.0968. The van der Waals surface area contributed by atoms with Crippen LogP contribution in [0.2, 0.25) is 0 Å². The maximum atomic E-state index is 14.8. The van der Waals surface area contributed by atoms with Gasteiger partial charge >= 0.3 is 0 Å². The fourth-order valence-corrected chi connectivity index (χ4v) is 6.40. The van der Waals surface area contributed by atoms with E-state index in [1.807, 2.05) is 42.5 Å². The zero-order valence-electron chi connectivity index (χ0n) is 21.0. The molecule has 0 saturated carbocycles. The molecule has 38 heavy (non-hydrogen) atoms. The third-order valence-corrected chi connectivity index (χ3v) is 8.45. The number of carbonyl (C=O) groups is 2. The molecule has 0 aromatic heterocycles. The highest BCUT2D eigenvalue weighted by atomic mass is 31.2. The molecule has 0 radical (unpaired) electrons. The van der Waals surface area contributed by atoms with Crippen LogP contribution in [0.15, 0.2) is 127 Å². The Kier molecular flexibility index (Phi) is 9.04. The summed E-state index contributed by atoms with van der Waals surface area (Å²) in [6.45, 7) is 2.10. The smallest absolute Gasteiger partial charge is 0.268 e. The van der Waals surface area contributed by atoms with Crippen LogP contribution in [0.5, 0.6) is 0 Å². The summed E-state index contributed by atoms with van der Waals surface area (Å²) in [6.07, 6.45) is 0. The highest BCUT2D eigenvalue weighted by molar-refractivity contribution is 7.77. The van der Waals surface area contributed by atoms with Crippen molar-refractivity contribution in [2.24, 2.45) is 0 Å². The molecular formula is C31H29N2O4P. The lowest BCUT2D eigenvalue weighted by Gasteiger charge is -2.25. The van der Waals surface area contributed by atoms with Gasteiger partial charge in [-0.2, -0.15) is 0 Å². The maximum Gasteiger partial charge on any atom is 0.268 e. The number of benzene rings is 4. The Morgan fingerprint density at radius 3 is 1.76 bits per heavy atom. The minimum Gasteiger partial charge on any atom is -0.347 e. The zero-order valence-corrected chi connectivity index (χ0v) is 21.9. The van der Waals surface area contributed by atoms with Crippen molar-refractivity contribution in [1.82, 2.24) is 10.6 Å². The SMILES string of the molecule is CCOP(=O)(C(=C(NC(=O)c1ccccc1)C(=O)NCc1ccccc1)c1ccccc1)c1ccccc1. The van der Waals surface area contributed by atoms with E-state index in [1.165, 1.54) is 0 Å². The van der Waals surface area contributed by atoms with E-state index in [0.717, 1.165) is 5.56 Å². The van der Waals surface area contributed by atoms with Crippen LogP contribution in [0.3, 0.4) is 0 Å². The highest BCUT2D eigenvalue weighted by Gasteiger charge is 2.37. The summed E-state index contributed by atoms with van der Waals surface area (Å²) < 4.78 is 20.8. The van der Waals surface area contributed by atoms with Crippen LogP contribution in [0.1, 0.15) is 28.4 Å². The maximum absolute atomic E-state index is 14.8. The molecule has 0 fully saturated rings. The van der Waals surface area contributed by atoms with Gasteiger partial charge in [-0.25, -0.2) is 0 Å². The molecule has 2 amide bonds. The third kappa shape index (κ3) is 6.35. The van der Waals surface area contributed by atoms with Crippen LogP contribution >= 0.6 is 7.37 Å². The molecule has 7 heteroatoms. The second kappa shape index (κ2) is 12.8. The van der Waals surface area contributed by atoms with Gasteiger partial charge in [-0.15, -0.1) is 0 Å². The van der Waals surface area contributed by atoms with Crippen molar-refractivity contribution < 1.29 is 18.7 Å². The van der Waals surface area contributed by atoms with Crippen LogP contribution < -0.4 is 15.9 Å².